The quantitative estimate of drug-likeness (QED) is 0.463. The minimum Gasteiger partial charge on any atom is -0.480 e. The number of hydrogen-bond acceptors (Lipinski definition) is 6. The lowest BCUT2D eigenvalue weighted by Gasteiger charge is -2.18. The number of aliphatic carboxylic acids is 1. The molecular weight excluding hydrogens is 304 g/mol. The summed E-state index contributed by atoms with van der Waals surface area (Å²) >= 11 is 0. The fourth-order valence-electron chi connectivity index (χ4n) is 1.83. The molecule has 126 valence electrons. The molecule has 0 aromatic carbocycles. The number of anilines is 1. The van der Waals surface area contributed by atoms with Crippen LogP contribution in [0.5, 0.6) is 0 Å². The van der Waals surface area contributed by atoms with Crippen molar-refractivity contribution >= 4 is 23.4 Å². The minimum absolute atomic E-state index is 0.154. The van der Waals surface area contributed by atoms with E-state index in [1.807, 2.05) is 6.92 Å². The highest BCUT2D eigenvalue weighted by atomic mass is 16.6. The van der Waals surface area contributed by atoms with Gasteiger partial charge in [0.1, 0.15) is 24.1 Å². The third-order valence-electron chi connectivity index (χ3n) is 3.18. The summed E-state index contributed by atoms with van der Waals surface area (Å²) in [4.78, 5) is 36.9. The number of carboxylic acids is 1. The molecule has 23 heavy (non-hydrogen) atoms. The normalized spacial score (nSPS) is 13.0. The summed E-state index contributed by atoms with van der Waals surface area (Å²) in [6.45, 7) is 3.49. The van der Waals surface area contributed by atoms with Crippen LogP contribution in [0.1, 0.15) is 33.1 Å². The number of pyridine rings is 1. The molecular formula is C14H20N4O5. The molecule has 1 heterocycles. The number of hydrogen-bond donors (Lipinski definition) is 3. The van der Waals surface area contributed by atoms with E-state index in [-0.39, 0.29) is 5.69 Å². The molecule has 3 N–H and O–H groups in total. The largest absolute Gasteiger partial charge is 0.480 e. The highest BCUT2D eigenvalue weighted by Crippen LogP contribution is 2.12. The van der Waals surface area contributed by atoms with Crippen LogP contribution < -0.4 is 10.6 Å². The van der Waals surface area contributed by atoms with Crippen LogP contribution in [-0.4, -0.2) is 39.0 Å². The van der Waals surface area contributed by atoms with E-state index in [4.69, 9.17) is 5.11 Å². The van der Waals surface area contributed by atoms with Gasteiger partial charge in [-0.3, -0.25) is 14.9 Å². The number of nitrogens with zero attached hydrogens (tertiary/aromatic N) is 2. The minimum atomic E-state index is -1.08. The maximum absolute atomic E-state index is 12.0. The molecule has 0 aliphatic rings. The summed E-state index contributed by atoms with van der Waals surface area (Å²) < 4.78 is 0. The van der Waals surface area contributed by atoms with Gasteiger partial charge in [0.05, 0.1) is 4.92 Å². The average Bonchev–Trinajstić information content (AvgIpc) is 2.51. The molecule has 0 fully saturated rings. The smallest absolute Gasteiger partial charge is 0.326 e. The summed E-state index contributed by atoms with van der Waals surface area (Å²) in [6, 6.07) is 0.985. The Kier molecular flexibility index (Phi) is 6.91. The first-order valence-electron chi connectivity index (χ1n) is 7.25. The Morgan fingerprint density at radius 3 is 2.61 bits per heavy atom. The predicted octanol–water partition coefficient (Wildman–Crippen LogP) is 1.55. The Labute approximate surface area is 133 Å². The van der Waals surface area contributed by atoms with Gasteiger partial charge >= 0.3 is 5.97 Å². The molecule has 0 bridgehead atoms. The van der Waals surface area contributed by atoms with Crippen LogP contribution in [0.2, 0.25) is 0 Å². The fraction of sp³-hybridized carbons (Fsp3) is 0.500. The van der Waals surface area contributed by atoms with E-state index < -0.39 is 28.9 Å². The Hall–Kier alpha value is -2.71. The van der Waals surface area contributed by atoms with Gasteiger partial charge in [0.15, 0.2) is 0 Å². The van der Waals surface area contributed by atoms with Crippen LogP contribution >= 0.6 is 0 Å². The fourth-order valence-corrected chi connectivity index (χ4v) is 1.83. The number of carbonyl (C=O) groups excluding carboxylic acids is 1. The van der Waals surface area contributed by atoms with Crippen molar-refractivity contribution in [2.24, 2.45) is 0 Å². The van der Waals surface area contributed by atoms with Crippen molar-refractivity contribution in [3.05, 3.63) is 28.4 Å². The van der Waals surface area contributed by atoms with Crippen molar-refractivity contribution in [3.63, 3.8) is 0 Å². The molecule has 9 heteroatoms. The van der Waals surface area contributed by atoms with E-state index >= 15 is 0 Å². The average molecular weight is 324 g/mol. The molecule has 1 aromatic heterocycles. The number of rotatable bonds is 9. The van der Waals surface area contributed by atoms with Crippen molar-refractivity contribution < 1.29 is 19.6 Å². The summed E-state index contributed by atoms with van der Waals surface area (Å²) in [5.74, 6) is -1.26. The maximum atomic E-state index is 12.0. The third kappa shape index (κ3) is 5.89. The summed E-state index contributed by atoms with van der Waals surface area (Å²) in [6.07, 6.45) is 2.97. The van der Waals surface area contributed by atoms with Gasteiger partial charge in [0.25, 0.3) is 5.69 Å². The summed E-state index contributed by atoms with van der Waals surface area (Å²) in [5, 5.41) is 24.9. The SMILES string of the molecule is CCCCC(NC(=O)C(C)Nc1ccc([N+](=O)[O-])cn1)C(=O)O. The number of nitro groups is 1. The van der Waals surface area contributed by atoms with Gasteiger partial charge in [-0.05, 0) is 19.4 Å². The molecule has 1 aromatic rings. The maximum Gasteiger partial charge on any atom is 0.326 e. The second kappa shape index (κ2) is 8.66. The van der Waals surface area contributed by atoms with Crippen molar-refractivity contribution in [1.82, 2.24) is 10.3 Å². The molecule has 0 radical (unpaired) electrons. The Balaban J connectivity index is 2.61. The lowest BCUT2D eigenvalue weighted by atomic mass is 10.1. The number of amides is 1. The molecule has 0 aliphatic carbocycles. The van der Waals surface area contributed by atoms with Crippen molar-refractivity contribution in [3.8, 4) is 0 Å². The zero-order chi connectivity index (χ0) is 17.4. The van der Waals surface area contributed by atoms with Crippen LogP contribution in [0, 0.1) is 10.1 Å². The monoisotopic (exact) mass is 324 g/mol. The van der Waals surface area contributed by atoms with Gasteiger partial charge in [-0.2, -0.15) is 0 Å². The molecule has 9 nitrogen and oxygen atoms in total. The Morgan fingerprint density at radius 1 is 1.43 bits per heavy atom. The third-order valence-corrected chi connectivity index (χ3v) is 3.18. The number of carbonyl (C=O) groups is 2. The van der Waals surface area contributed by atoms with Gasteiger partial charge in [-0.25, -0.2) is 9.78 Å². The van der Waals surface area contributed by atoms with Gasteiger partial charge in [-0.1, -0.05) is 19.8 Å². The number of carboxylic acid groups (broad SMARTS) is 1. The zero-order valence-electron chi connectivity index (χ0n) is 13.0. The molecule has 0 saturated heterocycles. The standard InChI is InChI=1S/C14H20N4O5/c1-3-4-5-11(14(20)21)17-13(19)9(2)16-12-7-6-10(8-15-12)18(22)23/h6-9,11H,3-5H2,1-2H3,(H,15,16)(H,17,19)(H,20,21). The number of aromatic nitrogens is 1. The first kappa shape index (κ1) is 18.3. The van der Waals surface area contributed by atoms with Crippen LogP contribution in [0.4, 0.5) is 11.5 Å². The van der Waals surface area contributed by atoms with Gasteiger partial charge < -0.3 is 15.7 Å². The van der Waals surface area contributed by atoms with Crippen LogP contribution in [0.25, 0.3) is 0 Å². The number of nitrogens with one attached hydrogen (secondary N) is 2. The lowest BCUT2D eigenvalue weighted by Crippen LogP contribution is -2.46. The van der Waals surface area contributed by atoms with Crippen LogP contribution in [0.3, 0.4) is 0 Å². The van der Waals surface area contributed by atoms with Gasteiger partial charge in [0, 0.05) is 6.07 Å². The van der Waals surface area contributed by atoms with E-state index in [1.165, 1.54) is 12.1 Å². The highest BCUT2D eigenvalue weighted by Gasteiger charge is 2.22. The Morgan fingerprint density at radius 2 is 2.13 bits per heavy atom. The molecule has 2 unspecified atom stereocenters. The zero-order valence-corrected chi connectivity index (χ0v) is 13.0. The van der Waals surface area contributed by atoms with Crippen LogP contribution in [0.15, 0.2) is 18.3 Å². The Bertz CT molecular complexity index is 561. The first-order valence-corrected chi connectivity index (χ1v) is 7.25. The second-order valence-corrected chi connectivity index (χ2v) is 5.07. The van der Waals surface area contributed by atoms with E-state index in [0.717, 1.165) is 12.6 Å². The molecule has 2 atom stereocenters. The van der Waals surface area contributed by atoms with Gasteiger partial charge in [-0.15, -0.1) is 0 Å². The van der Waals surface area contributed by atoms with Crippen molar-refractivity contribution in [2.75, 3.05) is 5.32 Å². The van der Waals surface area contributed by atoms with Gasteiger partial charge in [0.2, 0.25) is 5.91 Å². The van der Waals surface area contributed by atoms with E-state index in [1.54, 1.807) is 6.92 Å². The van der Waals surface area contributed by atoms with Crippen molar-refractivity contribution in [2.45, 2.75) is 45.2 Å². The topological polar surface area (TPSA) is 134 Å². The highest BCUT2D eigenvalue weighted by molar-refractivity contribution is 5.88. The van der Waals surface area contributed by atoms with Crippen LogP contribution in [-0.2, 0) is 9.59 Å². The lowest BCUT2D eigenvalue weighted by molar-refractivity contribution is -0.385. The van der Waals surface area contributed by atoms with Crippen molar-refractivity contribution in [1.29, 1.82) is 0 Å². The number of unbranched alkanes of at least 4 members (excludes halogenated alkanes) is 1. The van der Waals surface area contributed by atoms with E-state index in [0.29, 0.717) is 18.7 Å². The second-order valence-electron chi connectivity index (χ2n) is 5.07. The first-order chi connectivity index (χ1) is 10.8. The molecule has 1 rings (SSSR count). The molecule has 0 saturated carbocycles. The summed E-state index contributed by atoms with van der Waals surface area (Å²) in [7, 11) is 0. The molecule has 0 spiro atoms. The predicted molar refractivity (Wildman–Crippen MR) is 83.1 cm³/mol. The molecule has 1 amide bonds. The van der Waals surface area contributed by atoms with E-state index in [9.17, 15) is 19.7 Å². The summed E-state index contributed by atoms with van der Waals surface area (Å²) in [5.41, 5.74) is -0.154. The van der Waals surface area contributed by atoms with E-state index in [2.05, 4.69) is 15.6 Å². The molecule has 0 aliphatic heterocycles.